The van der Waals surface area contributed by atoms with Crippen LogP contribution in [0.2, 0.25) is 0 Å². The lowest BCUT2D eigenvalue weighted by Crippen LogP contribution is -2.40. The van der Waals surface area contributed by atoms with Crippen molar-refractivity contribution in [3.63, 3.8) is 0 Å². The Morgan fingerprint density at radius 1 is 1.69 bits per heavy atom. The van der Waals surface area contributed by atoms with Crippen molar-refractivity contribution in [3.05, 3.63) is 11.1 Å². The van der Waals surface area contributed by atoms with Gasteiger partial charge >= 0.3 is 0 Å². The number of rotatable bonds is 3. The standard InChI is InChI=1S/C10H16N4S2/c1-16(2)10-13-6-8(15-10)7-14-5-3-4-12-9(14)11/h6H,1,3-5,7H2,2H3,(H2,11,12). The fourth-order valence-corrected chi connectivity index (χ4v) is 3.32. The number of hydrogen-bond donors (Lipinski definition) is 1. The second-order valence-electron chi connectivity index (χ2n) is 3.74. The fourth-order valence-electron chi connectivity index (χ4n) is 1.54. The van der Waals surface area contributed by atoms with E-state index in [1.807, 2.05) is 6.20 Å². The molecule has 0 saturated carbocycles. The molecule has 1 aliphatic heterocycles. The van der Waals surface area contributed by atoms with Gasteiger partial charge in [0.1, 0.15) is 4.34 Å². The first-order valence-corrected chi connectivity index (χ1v) is 7.74. The van der Waals surface area contributed by atoms with Gasteiger partial charge in [0.05, 0.1) is 6.54 Å². The molecule has 2 rings (SSSR count). The van der Waals surface area contributed by atoms with E-state index in [0.29, 0.717) is 5.96 Å². The third kappa shape index (κ3) is 2.62. The van der Waals surface area contributed by atoms with Crippen LogP contribution in [0.1, 0.15) is 11.3 Å². The predicted molar refractivity (Wildman–Crippen MR) is 72.5 cm³/mol. The molecule has 2 N–H and O–H groups in total. The molecule has 6 heteroatoms. The molecular weight excluding hydrogens is 240 g/mol. The second-order valence-corrected chi connectivity index (χ2v) is 6.78. The first-order valence-electron chi connectivity index (χ1n) is 5.12. The summed E-state index contributed by atoms with van der Waals surface area (Å²) >= 11 is 1.72. The van der Waals surface area contributed by atoms with Crippen LogP contribution in [0.25, 0.3) is 0 Å². The zero-order chi connectivity index (χ0) is 11.5. The van der Waals surface area contributed by atoms with Gasteiger partial charge in [-0.25, -0.2) is 4.98 Å². The van der Waals surface area contributed by atoms with E-state index < -0.39 is 0 Å². The lowest BCUT2D eigenvalue weighted by atomic mass is 10.3. The van der Waals surface area contributed by atoms with Crippen LogP contribution in [-0.2, 0) is 6.54 Å². The Morgan fingerprint density at radius 2 is 2.50 bits per heavy atom. The zero-order valence-corrected chi connectivity index (χ0v) is 11.0. The number of hydrogen-bond acceptors (Lipinski definition) is 5. The van der Waals surface area contributed by atoms with Crippen molar-refractivity contribution in [1.82, 2.24) is 9.88 Å². The first-order chi connectivity index (χ1) is 7.66. The van der Waals surface area contributed by atoms with Crippen molar-refractivity contribution < 1.29 is 0 Å². The molecule has 0 aliphatic carbocycles. The van der Waals surface area contributed by atoms with E-state index in [9.17, 15) is 0 Å². The third-order valence-corrected chi connectivity index (χ3v) is 4.94. The monoisotopic (exact) mass is 256 g/mol. The first kappa shape index (κ1) is 11.6. The van der Waals surface area contributed by atoms with E-state index in [0.717, 1.165) is 30.4 Å². The van der Waals surface area contributed by atoms with Crippen molar-refractivity contribution in [2.75, 3.05) is 19.3 Å². The van der Waals surface area contributed by atoms with Gasteiger partial charge in [-0.15, -0.1) is 21.8 Å². The number of nitrogens with two attached hydrogens (primary N) is 1. The van der Waals surface area contributed by atoms with Gasteiger partial charge in [-0.3, -0.25) is 4.99 Å². The van der Waals surface area contributed by atoms with Crippen LogP contribution in [0.4, 0.5) is 0 Å². The Balaban J connectivity index is 2.05. The summed E-state index contributed by atoms with van der Waals surface area (Å²) < 4.78 is 1.11. The summed E-state index contributed by atoms with van der Waals surface area (Å²) in [5.74, 6) is 4.66. The predicted octanol–water partition coefficient (Wildman–Crippen LogP) is 1.35. The molecule has 1 aromatic heterocycles. The molecule has 4 nitrogen and oxygen atoms in total. The molecule has 1 atom stereocenters. The summed E-state index contributed by atoms with van der Waals surface area (Å²) in [5.41, 5.74) is 5.84. The van der Waals surface area contributed by atoms with Crippen LogP contribution >= 0.6 is 21.8 Å². The minimum absolute atomic E-state index is 0.00400. The van der Waals surface area contributed by atoms with Gasteiger partial charge in [0.25, 0.3) is 0 Å². The van der Waals surface area contributed by atoms with Crippen LogP contribution in [0.5, 0.6) is 0 Å². The quantitative estimate of drug-likeness (QED) is 0.831. The highest BCUT2D eigenvalue weighted by atomic mass is 32.2. The molecule has 1 aromatic rings. The number of aliphatic imine (C=N–C) groups is 1. The number of thiazole rings is 1. The van der Waals surface area contributed by atoms with Gasteiger partial charge in [-0.2, -0.15) is 0 Å². The molecule has 0 aromatic carbocycles. The smallest absolute Gasteiger partial charge is 0.191 e. The molecule has 0 fully saturated rings. The van der Waals surface area contributed by atoms with Crippen LogP contribution in [0.3, 0.4) is 0 Å². The van der Waals surface area contributed by atoms with Crippen LogP contribution in [0.15, 0.2) is 15.5 Å². The van der Waals surface area contributed by atoms with Crippen molar-refractivity contribution in [2.45, 2.75) is 17.3 Å². The summed E-state index contributed by atoms with van der Waals surface area (Å²) in [5, 5.41) is 0. The average Bonchev–Trinajstić information content (AvgIpc) is 2.70. The Bertz CT molecular complexity index is 424. The van der Waals surface area contributed by atoms with Gasteiger partial charge in [0.2, 0.25) is 0 Å². The minimum Gasteiger partial charge on any atom is -0.370 e. The number of guanidine groups is 1. The van der Waals surface area contributed by atoms with Gasteiger partial charge in [0.15, 0.2) is 5.96 Å². The van der Waals surface area contributed by atoms with E-state index in [1.54, 1.807) is 11.3 Å². The Morgan fingerprint density at radius 3 is 3.12 bits per heavy atom. The number of aromatic nitrogens is 1. The Hall–Kier alpha value is -0.880. The highest BCUT2D eigenvalue weighted by Gasteiger charge is 2.13. The van der Waals surface area contributed by atoms with Crippen molar-refractivity contribution in [3.8, 4) is 0 Å². The molecule has 0 saturated heterocycles. The van der Waals surface area contributed by atoms with E-state index in [1.165, 1.54) is 4.88 Å². The molecule has 0 radical (unpaired) electrons. The number of nitrogens with zero attached hydrogens (tertiary/aromatic N) is 3. The van der Waals surface area contributed by atoms with Gasteiger partial charge in [-0.1, -0.05) is 5.87 Å². The Kier molecular flexibility index (Phi) is 3.60. The summed E-state index contributed by atoms with van der Waals surface area (Å²) in [6.07, 6.45) is 5.09. The zero-order valence-electron chi connectivity index (χ0n) is 9.35. The average molecular weight is 256 g/mol. The lowest BCUT2D eigenvalue weighted by Gasteiger charge is -2.25. The maximum atomic E-state index is 5.84. The molecule has 0 spiro atoms. The Labute approximate surface area is 102 Å². The molecule has 0 bridgehead atoms. The molecule has 1 unspecified atom stereocenters. The largest absolute Gasteiger partial charge is 0.370 e. The normalized spacial score (nSPS) is 18.3. The van der Waals surface area contributed by atoms with Gasteiger partial charge < -0.3 is 10.6 Å². The van der Waals surface area contributed by atoms with E-state index in [4.69, 9.17) is 5.73 Å². The highest BCUT2D eigenvalue weighted by Crippen LogP contribution is 2.26. The van der Waals surface area contributed by atoms with E-state index >= 15 is 0 Å². The summed E-state index contributed by atoms with van der Waals surface area (Å²) in [6, 6.07) is 0. The molecule has 16 heavy (non-hydrogen) atoms. The maximum absolute atomic E-state index is 5.84. The van der Waals surface area contributed by atoms with Gasteiger partial charge in [0, 0.05) is 24.2 Å². The highest BCUT2D eigenvalue weighted by molar-refractivity contribution is 8.14. The molecule has 88 valence electrons. The topological polar surface area (TPSA) is 54.5 Å². The van der Waals surface area contributed by atoms with Crippen molar-refractivity contribution in [2.24, 2.45) is 10.7 Å². The molecule has 0 amide bonds. The van der Waals surface area contributed by atoms with Crippen LogP contribution < -0.4 is 5.73 Å². The van der Waals surface area contributed by atoms with Gasteiger partial charge in [-0.05, 0) is 12.7 Å². The van der Waals surface area contributed by atoms with Crippen LogP contribution in [-0.4, -0.2) is 41.1 Å². The third-order valence-electron chi connectivity index (χ3n) is 2.36. The van der Waals surface area contributed by atoms with E-state index in [2.05, 4.69) is 27.0 Å². The minimum atomic E-state index is 0.00400. The molecule has 1 aliphatic rings. The lowest BCUT2D eigenvalue weighted by molar-refractivity contribution is 0.386. The molecular formula is C10H16N4S2. The van der Waals surface area contributed by atoms with Crippen LogP contribution in [0, 0.1) is 0 Å². The fraction of sp³-hybridized carbons (Fsp3) is 0.500. The van der Waals surface area contributed by atoms with Crippen molar-refractivity contribution >= 4 is 33.7 Å². The molecule has 2 heterocycles. The van der Waals surface area contributed by atoms with Crippen molar-refractivity contribution in [1.29, 1.82) is 0 Å². The maximum Gasteiger partial charge on any atom is 0.191 e. The van der Waals surface area contributed by atoms with E-state index in [-0.39, 0.29) is 10.5 Å². The summed E-state index contributed by atoms with van der Waals surface area (Å²) in [6.45, 7) is 2.67. The summed E-state index contributed by atoms with van der Waals surface area (Å²) in [4.78, 5) is 12.0. The summed E-state index contributed by atoms with van der Waals surface area (Å²) in [7, 11) is 0.00400. The SMILES string of the molecule is C=S(C)c1ncc(CN2CCCN=C2N)s1. The second kappa shape index (κ2) is 4.97.